The van der Waals surface area contributed by atoms with E-state index in [0.29, 0.717) is 30.1 Å². The number of hydrogen-bond donors (Lipinski definition) is 3. The quantitative estimate of drug-likeness (QED) is 0.663. The molecular formula is C20H28N6O2. The van der Waals surface area contributed by atoms with Gasteiger partial charge in [0.05, 0.1) is 18.1 Å². The molecule has 0 spiro atoms. The van der Waals surface area contributed by atoms with Gasteiger partial charge in [0.1, 0.15) is 11.6 Å². The average Bonchev–Trinajstić information content (AvgIpc) is 3.21. The second-order valence-corrected chi connectivity index (χ2v) is 8.28. The number of carbonyl (C=O) groups is 1. The molecule has 8 nitrogen and oxygen atoms in total. The molecule has 0 aromatic carbocycles. The maximum absolute atomic E-state index is 11.5. The third-order valence-corrected chi connectivity index (χ3v) is 4.73. The molecule has 1 saturated heterocycles. The first-order valence-electron chi connectivity index (χ1n) is 9.45. The summed E-state index contributed by atoms with van der Waals surface area (Å²) < 4.78 is 7.92. The van der Waals surface area contributed by atoms with E-state index in [0.717, 1.165) is 11.1 Å². The van der Waals surface area contributed by atoms with E-state index in [4.69, 9.17) is 10.1 Å². The maximum Gasteiger partial charge on any atom is 0.241 e. The average molecular weight is 384 g/mol. The van der Waals surface area contributed by atoms with E-state index < -0.39 is 0 Å². The Hall–Kier alpha value is -2.90. The lowest BCUT2D eigenvalue weighted by Crippen LogP contribution is -2.31. The topological polar surface area (TPSA) is 104 Å². The van der Waals surface area contributed by atoms with Crippen molar-refractivity contribution >= 4 is 23.2 Å². The number of ether oxygens (including phenoxy) is 1. The van der Waals surface area contributed by atoms with Crippen LogP contribution in [0.15, 0.2) is 18.6 Å². The standard InChI is InChI=1S/C20H28N6O2/c1-12-8-24-26-11-16(15(7-21)10-23-20(3,4)5)25-19(18(12)26)28-13(2)14-6-17(27)22-9-14/h7-8,10-11,13-14,21,23H,6,9H2,1-5H3,(H,22,27)/b15-10+,21-7?/t13-,14-/m1/s1. The van der Waals surface area contributed by atoms with Gasteiger partial charge in [0.2, 0.25) is 11.8 Å². The van der Waals surface area contributed by atoms with Crippen molar-refractivity contribution in [2.75, 3.05) is 6.54 Å². The van der Waals surface area contributed by atoms with Gasteiger partial charge in [-0.1, -0.05) is 0 Å². The molecule has 0 unspecified atom stereocenters. The Labute approximate surface area is 164 Å². The third kappa shape index (κ3) is 4.32. The summed E-state index contributed by atoms with van der Waals surface area (Å²) in [6, 6.07) is 0. The Morgan fingerprint density at radius 1 is 1.50 bits per heavy atom. The second-order valence-electron chi connectivity index (χ2n) is 8.28. The molecule has 1 fully saturated rings. The first kappa shape index (κ1) is 19.9. The molecule has 2 aromatic rings. The van der Waals surface area contributed by atoms with Crippen LogP contribution < -0.4 is 15.4 Å². The van der Waals surface area contributed by atoms with Gasteiger partial charge in [-0.05, 0) is 34.6 Å². The maximum atomic E-state index is 11.5. The Balaban J connectivity index is 1.97. The number of hydrogen-bond acceptors (Lipinski definition) is 6. The van der Waals surface area contributed by atoms with Crippen LogP contribution in [0.4, 0.5) is 0 Å². The molecule has 0 saturated carbocycles. The molecule has 3 heterocycles. The fourth-order valence-electron chi connectivity index (χ4n) is 3.06. The van der Waals surface area contributed by atoms with Crippen molar-refractivity contribution in [1.82, 2.24) is 25.2 Å². The minimum absolute atomic E-state index is 0.0510. The van der Waals surface area contributed by atoms with Crippen LogP contribution in [-0.2, 0) is 4.79 Å². The number of aromatic nitrogens is 3. The van der Waals surface area contributed by atoms with Crippen molar-refractivity contribution in [2.45, 2.75) is 52.7 Å². The number of fused-ring (bicyclic) bond motifs is 1. The lowest BCUT2D eigenvalue weighted by molar-refractivity contribution is -0.119. The Bertz CT molecular complexity index is 925. The van der Waals surface area contributed by atoms with Crippen molar-refractivity contribution in [3.8, 4) is 5.88 Å². The van der Waals surface area contributed by atoms with Crippen molar-refractivity contribution in [1.29, 1.82) is 5.41 Å². The molecule has 3 rings (SSSR count). The number of amides is 1. The smallest absolute Gasteiger partial charge is 0.241 e. The zero-order valence-corrected chi connectivity index (χ0v) is 17.0. The summed E-state index contributed by atoms with van der Waals surface area (Å²) in [6.45, 7) is 10.7. The number of nitrogens with zero attached hydrogens (tertiary/aromatic N) is 3. The molecule has 3 N–H and O–H groups in total. The van der Waals surface area contributed by atoms with Gasteiger partial charge in [-0.3, -0.25) is 4.79 Å². The molecule has 2 aromatic heterocycles. The van der Waals surface area contributed by atoms with Gasteiger partial charge >= 0.3 is 0 Å². The summed E-state index contributed by atoms with van der Waals surface area (Å²) in [4.78, 5) is 16.2. The number of rotatable bonds is 6. The highest BCUT2D eigenvalue weighted by Gasteiger charge is 2.29. The lowest BCUT2D eigenvalue weighted by atomic mass is 10.0. The van der Waals surface area contributed by atoms with E-state index in [2.05, 4.69) is 20.7 Å². The van der Waals surface area contributed by atoms with Gasteiger partial charge < -0.3 is 20.8 Å². The van der Waals surface area contributed by atoms with Crippen molar-refractivity contribution in [3.63, 3.8) is 0 Å². The van der Waals surface area contributed by atoms with Crippen LogP contribution >= 0.6 is 0 Å². The highest BCUT2D eigenvalue weighted by atomic mass is 16.5. The normalized spacial score (nSPS) is 18.8. The monoisotopic (exact) mass is 384 g/mol. The van der Waals surface area contributed by atoms with Gasteiger partial charge in [0.25, 0.3) is 0 Å². The van der Waals surface area contributed by atoms with Crippen molar-refractivity contribution in [2.24, 2.45) is 5.92 Å². The van der Waals surface area contributed by atoms with Crippen LogP contribution in [0.2, 0.25) is 0 Å². The number of aryl methyl sites for hydroxylation is 1. The van der Waals surface area contributed by atoms with Gasteiger partial charge in [0.15, 0.2) is 0 Å². The number of allylic oxidation sites excluding steroid dienone is 1. The molecule has 2 atom stereocenters. The summed E-state index contributed by atoms with van der Waals surface area (Å²) >= 11 is 0. The summed E-state index contributed by atoms with van der Waals surface area (Å²) in [7, 11) is 0. The van der Waals surface area contributed by atoms with Crippen LogP contribution in [-0.4, -0.2) is 44.9 Å². The van der Waals surface area contributed by atoms with Crippen molar-refractivity contribution < 1.29 is 9.53 Å². The summed E-state index contributed by atoms with van der Waals surface area (Å²) in [5, 5.41) is 18.3. The molecule has 0 radical (unpaired) electrons. The predicted molar refractivity (Wildman–Crippen MR) is 109 cm³/mol. The van der Waals surface area contributed by atoms with Gasteiger partial charge in [0, 0.05) is 48.0 Å². The molecule has 1 aliphatic rings. The SMILES string of the molecule is Cc1cnn2cc(/C(C=N)=C/NC(C)(C)C)nc(O[C@H](C)[C@H]3CNC(=O)C3)c12. The van der Waals surface area contributed by atoms with Crippen LogP contribution in [0.3, 0.4) is 0 Å². The van der Waals surface area contributed by atoms with E-state index in [1.165, 1.54) is 6.21 Å². The first-order chi connectivity index (χ1) is 13.2. The zero-order chi connectivity index (χ0) is 20.5. The minimum Gasteiger partial charge on any atom is -0.473 e. The number of nitrogens with one attached hydrogen (secondary N) is 3. The first-order valence-corrected chi connectivity index (χ1v) is 9.45. The molecule has 8 heteroatoms. The second kappa shape index (κ2) is 7.61. The lowest BCUT2D eigenvalue weighted by Gasteiger charge is -2.21. The van der Waals surface area contributed by atoms with Crippen LogP contribution in [0.25, 0.3) is 11.1 Å². The summed E-state index contributed by atoms with van der Waals surface area (Å²) in [5.74, 6) is 0.611. The van der Waals surface area contributed by atoms with Crippen LogP contribution in [0, 0.1) is 18.3 Å². The highest BCUT2D eigenvalue weighted by molar-refractivity contribution is 6.07. The minimum atomic E-state index is -0.181. The Morgan fingerprint density at radius 3 is 2.86 bits per heavy atom. The molecule has 1 aliphatic heterocycles. The molecule has 1 amide bonds. The summed E-state index contributed by atoms with van der Waals surface area (Å²) in [5.41, 5.74) is 2.83. The van der Waals surface area contributed by atoms with Gasteiger partial charge in [-0.2, -0.15) is 5.10 Å². The fourth-order valence-corrected chi connectivity index (χ4v) is 3.06. The molecule has 150 valence electrons. The fraction of sp³-hybridized carbons (Fsp3) is 0.500. The molecule has 0 aliphatic carbocycles. The molecule has 28 heavy (non-hydrogen) atoms. The van der Waals surface area contributed by atoms with E-state index in [9.17, 15) is 4.79 Å². The van der Waals surface area contributed by atoms with E-state index in [1.807, 2.05) is 34.6 Å². The van der Waals surface area contributed by atoms with Gasteiger partial charge in [-0.25, -0.2) is 9.50 Å². The highest BCUT2D eigenvalue weighted by Crippen LogP contribution is 2.27. The Morgan fingerprint density at radius 2 is 2.25 bits per heavy atom. The third-order valence-electron chi connectivity index (χ3n) is 4.73. The largest absolute Gasteiger partial charge is 0.473 e. The van der Waals surface area contributed by atoms with Crippen molar-refractivity contribution in [3.05, 3.63) is 29.9 Å². The number of carbonyl (C=O) groups excluding carboxylic acids is 1. The van der Waals surface area contributed by atoms with Crippen LogP contribution in [0.5, 0.6) is 5.88 Å². The summed E-state index contributed by atoms with van der Waals surface area (Å²) in [6.07, 6.45) is 6.87. The van der Waals surface area contributed by atoms with E-state index >= 15 is 0 Å². The van der Waals surface area contributed by atoms with E-state index in [1.54, 1.807) is 23.1 Å². The Kier molecular flexibility index (Phi) is 5.40. The molecule has 0 bridgehead atoms. The van der Waals surface area contributed by atoms with E-state index in [-0.39, 0.29) is 23.5 Å². The molecular weight excluding hydrogens is 356 g/mol. The predicted octanol–water partition coefficient (Wildman–Crippen LogP) is 2.32. The zero-order valence-electron chi connectivity index (χ0n) is 17.0. The van der Waals surface area contributed by atoms with Gasteiger partial charge in [-0.15, -0.1) is 0 Å². The van der Waals surface area contributed by atoms with Crippen LogP contribution in [0.1, 0.15) is 45.4 Å².